The molecule has 0 saturated carbocycles. The lowest BCUT2D eigenvalue weighted by molar-refractivity contribution is -0.137. The molecule has 26 heavy (non-hydrogen) atoms. The molecule has 2 heterocycles. The molecule has 2 aromatic rings. The van der Waals surface area contributed by atoms with Crippen LogP contribution in [0.5, 0.6) is 0 Å². The summed E-state index contributed by atoms with van der Waals surface area (Å²) in [5.41, 5.74) is 1.22. The molecule has 1 aliphatic heterocycles. The number of urea groups is 1. The highest BCUT2D eigenvalue weighted by Crippen LogP contribution is 2.28. The summed E-state index contributed by atoms with van der Waals surface area (Å²) >= 11 is 6.14. The van der Waals surface area contributed by atoms with Gasteiger partial charge in [0.1, 0.15) is 12.2 Å². The number of carboxylic acids is 1. The van der Waals surface area contributed by atoms with Gasteiger partial charge in [0.15, 0.2) is 0 Å². The molecule has 0 aliphatic carbocycles. The standard InChI is InChI=1S/C15H15ClN6O4/c16-11-2-1-9(5-12(11)22-4-3-17-15(22)26)14(25)18-6-10-7-21(20-19-10)8-13(23)24/h1-2,5,7H,3-4,6,8H2,(H,17,26)(H,18,25)(H,23,24). The number of aromatic nitrogens is 3. The fourth-order valence-electron chi connectivity index (χ4n) is 2.47. The summed E-state index contributed by atoms with van der Waals surface area (Å²) in [6, 6.07) is 4.39. The minimum absolute atomic E-state index is 0.0839. The number of carboxylic acid groups (broad SMARTS) is 1. The zero-order chi connectivity index (χ0) is 18.7. The number of rotatable bonds is 6. The highest BCUT2D eigenvalue weighted by atomic mass is 35.5. The van der Waals surface area contributed by atoms with E-state index < -0.39 is 5.97 Å². The molecule has 3 amide bonds. The average Bonchev–Trinajstić information content (AvgIpc) is 3.21. The maximum absolute atomic E-state index is 12.3. The highest BCUT2D eigenvalue weighted by molar-refractivity contribution is 6.34. The minimum atomic E-state index is -1.04. The van der Waals surface area contributed by atoms with Crippen molar-refractivity contribution in [3.63, 3.8) is 0 Å². The van der Waals surface area contributed by atoms with Crippen molar-refractivity contribution in [2.75, 3.05) is 18.0 Å². The second-order valence-corrected chi connectivity index (χ2v) is 5.94. The van der Waals surface area contributed by atoms with Crippen LogP contribution in [-0.4, -0.2) is 51.1 Å². The van der Waals surface area contributed by atoms with Gasteiger partial charge in [-0.05, 0) is 18.2 Å². The Labute approximate surface area is 152 Å². The van der Waals surface area contributed by atoms with Gasteiger partial charge >= 0.3 is 12.0 Å². The summed E-state index contributed by atoms with van der Waals surface area (Å²) in [5.74, 6) is -1.42. The van der Waals surface area contributed by atoms with E-state index in [1.165, 1.54) is 11.1 Å². The van der Waals surface area contributed by atoms with E-state index in [0.29, 0.717) is 35.1 Å². The van der Waals surface area contributed by atoms with Crippen molar-refractivity contribution in [1.82, 2.24) is 25.6 Å². The van der Waals surface area contributed by atoms with Gasteiger partial charge in [-0.3, -0.25) is 14.5 Å². The van der Waals surface area contributed by atoms with Crippen molar-refractivity contribution in [3.05, 3.63) is 40.7 Å². The van der Waals surface area contributed by atoms with E-state index in [0.717, 1.165) is 4.68 Å². The zero-order valence-corrected chi connectivity index (χ0v) is 14.2. The molecule has 0 spiro atoms. The van der Waals surface area contributed by atoms with Crippen LogP contribution >= 0.6 is 11.6 Å². The molecular weight excluding hydrogens is 364 g/mol. The summed E-state index contributed by atoms with van der Waals surface area (Å²) in [5, 5.41) is 21.9. The molecule has 136 valence electrons. The number of halogens is 1. The fraction of sp³-hybridized carbons (Fsp3) is 0.267. The van der Waals surface area contributed by atoms with Crippen LogP contribution in [0.3, 0.4) is 0 Å². The molecule has 3 rings (SSSR count). The summed E-state index contributed by atoms with van der Waals surface area (Å²) in [6.07, 6.45) is 1.44. The van der Waals surface area contributed by atoms with E-state index in [-0.39, 0.29) is 25.0 Å². The third-order valence-electron chi connectivity index (χ3n) is 3.67. The van der Waals surface area contributed by atoms with Crippen LogP contribution in [0.1, 0.15) is 16.1 Å². The maximum Gasteiger partial charge on any atom is 0.325 e. The van der Waals surface area contributed by atoms with E-state index in [2.05, 4.69) is 20.9 Å². The summed E-state index contributed by atoms with van der Waals surface area (Å²) in [7, 11) is 0. The molecule has 1 saturated heterocycles. The van der Waals surface area contributed by atoms with E-state index in [4.69, 9.17) is 16.7 Å². The SMILES string of the molecule is O=C(O)Cn1cc(CNC(=O)c2ccc(Cl)c(N3CCNC3=O)c2)nn1. The van der Waals surface area contributed by atoms with Gasteiger partial charge < -0.3 is 15.7 Å². The Hall–Kier alpha value is -3.14. The molecule has 1 fully saturated rings. The predicted molar refractivity (Wildman–Crippen MR) is 91.0 cm³/mol. The third kappa shape index (κ3) is 3.91. The van der Waals surface area contributed by atoms with Crippen molar-refractivity contribution < 1.29 is 19.5 Å². The number of hydrogen-bond donors (Lipinski definition) is 3. The Bertz CT molecular complexity index is 868. The number of nitrogens with one attached hydrogen (secondary N) is 2. The molecule has 10 nitrogen and oxygen atoms in total. The van der Waals surface area contributed by atoms with Crippen molar-refractivity contribution in [2.24, 2.45) is 0 Å². The second-order valence-electron chi connectivity index (χ2n) is 5.53. The van der Waals surface area contributed by atoms with Crippen LogP contribution in [0.15, 0.2) is 24.4 Å². The lowest BCUT2D eigenvalue weighted by atomic mass is 10.1. The van der Waals surface area contributed by atoms with Gasteiger partial charge in [0.25, 0.3) is 5.91 Å². The van der Waals surface area contributed by atoms with Gasteiger partial charge in [-0.2, -0.15) is 0 Å². The number of carbonyl (C=O) groups is 3. The summed E-state index contributed by atoms with van der Waals surface area (Å²) < 4.78 is 1.16. The molecule has 1 aromatic heterocycles. The number of benzene rings is 1. The third-order valence-corrected chi connectivity index (χ3v) is 3.99. The molecule has 0 unspecified atom stereocenters. The Morgan fingerprint density at radius 3 is 2.88 bits per heavy atom. The first kappa shape index (κ1) is 17.7. The van der Waals surface area contributed by atoms with Gasteiger partial charge in [0.2, 0.25) is 0 Å². The molecule has 11 heteroatoms. The number of amides is 3. The van der Waals surface area contributed by atoms with Crippen LogP contribution in [-0.2, 0) is 17.9 Å². The van der Waals surface area contributed by atoms with Crippen LogP contribution in [0.2, 0.25) is 5.02 Å². The van der Waals surface area contributed by atoms with Crippen LogP contribution in [0, 0.1) is 0 Å². The van der Waals surface area contributed by atoms with Crippen molar-refractivity contribution >= 4 is 35.2 Å². The Kier molecular flexibility index (Phi) is 5.03. The normalized spacial score (nSPS) is 13.6. The number of nitrogens with zero attached hydrogens (tertiary/aromatic N) is 4. The second kappa shape index (κ2) is 7.40. The van der Waals surface area contributed by atoms with E-state index in [1.54, 1.807) is 18.2 Å². The summed E-state index contributed by atoms with van der Waals surface area (Å²) in [4.78, 5) is 36.2. The van der Waals surface area contributed by atoms with Gasteiger partial charge in [-0.1, -0.05) is 16.8 Å². The number of hydrogen-bond acceptors (Lipinski definition) is 5. The van der Waals surface area contributed by atoms with Crippen molar-refractivity contribution in [3.8, 4) is 0 Å². The first-order chi connectivity index (χ1) is 12.4. The maximum atomic E-state index is 12.3. The fourth-order valence-corrected chi connectivity index (χ4v) is 2.69. The van der Waals surface area contributed by atoms with Gasteiger partial charge in [-0.15, -0.1) is 5.10 Å². The van der Waals surface area contributed by atoms with Gasteiger partial charge in [-0.25, -0.2) is 9.48 Å². The van der Waals surface area contributed by atoms with E-state index in [9.17, 15) is 14.4 Å². The molecule has 0 radical (unpaired) electrons. The van der Waals surface area contributed by atoms with Crippen LogP contribution in [0.25, 0.3) is 0 Å². The monoisotopic (exact) mass is 378 g/mol. The number of aliphatic carboxylic acids is 1. The zero-order valence-electron chi connectivity index (χ0n) is 13.5. The Balaban J connectivity index is 1.67. The molecule has 1 aliphatic rings. The quantitative estimate of drug-likeness (QED) is 0.670. The smallest absolute Gasteiger partial charge is 0.325 e. The van der Waals surface area contributed by atoms with Crippen molar-refractivity contribution in [2.45, 2.75) is 13.1 Å². The van der Waals surface area contributed by atoms with Crippen LogP contribution < -0.4 is 15.5 Å². The van der Waals surface area contributed by atoms with Crippen molar-refractivity contribution in [1.29, 1.82) is 0 Å². The largest absolute Gasteiger partial charge is 0.480 e. The minimum Gasteiger partial charge on any atom is -0.480 e. The Morgan fingerprint density at radius 2 is 2.19 bits per heavy atom. The predicted octanol–water partition coefficient (Wildman–Crippen LogP) is 0.476. The molecule has 3 N–H and O–H groups in total. The molecule has 0 atom stereocenters. The van der Waals surface area contributed by atoms with Gasteiger partial charge in [0.05, 0.1) is 23.5 Å². The summed E-state index contributed by atoms with van der Waals surface area (Å²) in [6.45, 7) is 0.758. The topological polar surface area (TPSA) is 129 Å². The lowest BCUT2D eigenvalue weighted by Gasteiger charge is -2.17. The number of carbonyl (C=O) groups excluding carboxylic acids is 2. The van der Waals surface area contributed by atoms with E-state index in [1.807, 2.05) is 0 Å². The lowest BCUT2D eigenvalue weighted by Crippen LogP contribution is -2.28. The van der Waals surface area contributed by atoms with Gasteiger partial charge in [0, 0.05) is 18.7 Å². The average molecular weight is 379 g/mol. The molecule has 1 aromatic carbocycles. The highest BCUT2D eigenvalue weighted by Gasteiger charge is 2.24. The first-order valence-electron chi connectivity index (χ1n) is 7.68. The van der Waals surface area contributed by atoms with Crippen LogP contribution in [0.4, 0.5) is 10.5 Å². The molecular formula is C15H15ClN6O4. The van der Waals surface area contributed by atoms with E-state index >= 15 is 0 Å². The number of anilines is 1. The molecule has 0 bridgehead atoms. The Morgan fingerprint density at radius 1 is 1.38 bits per heavy atom. The first-order valence-corrected chi connectivity index (χ1v) is 8.06.